The highest BCUT2D eigenvalue weighted by atomic mass is 19.1. The molecule has 0 aromatic heterocycles. The Hall–Kier alpha value is -3.80. The predicted octanol–water partition coefficient (Wildman–Crippen LogP) is 6.21. The van der Waals surface area contributed by atoms with Crippen LogP contribution in [0.2, 0.25) is 0 Å². The molecule has 34 heavy (non-hydrogen) atoms. The molecule has 3 aromatic rings. The first-order chi connectivity index (χ1) is 16.6. The number of benzene rings is 3. The van der Waals surface area contributed by atoms with Crippen molar-refractivity contribution in [2.45, 2.75) is 31.7 Å². The van der Waals surface area contributed by atoms with Crippen molar-refractivity contribution in [1.29, 1.82) is 0 Å². The van der Waals surface area contributed by atoms with Gasteiger partial charge in [0.2, 0.25) is 0 Å². The van der Waals surface area contributed by atoms with Crippen LogP contribution in [0.25, 0.3) is 0 Å². The van der Waals surface area contributed by atoms with E-state index in [0.717, 1.165) is 28.2 Å². The van der Waals surface area contributed by atoms with Crippen LogP contribution >= 0.6 is 0 Å². The summed E-state index contributed by atoms with van der Waals surface area (Å²) in [6.45, 7) is 2.48. The first kappa shape index (κ1) is 22.0. The molecule has 6 heteroatoms. The highest BCUT2D eigenvalue weighted by Crippen LogP contribution is 2.45. The largest absolute Gasteiger partial charge is 0.493 e. The van der Waals surface area contributed by atoms with Crippen LogP contribution in [-0.4, -0.2) is 19.5 Å². The van der Waals surface area contributed by atoms with Gasteiger partial charge in [-0.3, -0.25) is 4.79 Å². The molecule has 0 amide bonds. The first-order valence-corrected chi connectivity index (χ1v) is 11.5. The summed E-state index contributed by atoms with van der Waals surface area (Å²) in [5.41, 5.74) is 5.04. The Morgan fingerprint density at radius 1 is 0.941 bits per heavy atom. The van der Waals surface area contributed by atoms with Crippen LogP contribution in [0.1, 0.15) is 42.9 Å². The molecule has 1 heterocycles. The van der Waals surface area contributed by atoms with Crippen LogP contribution in [0, 0.1) is 5.82 Å². The molecular weight excluding hydrogens is 431 g/mol. The van der Waals surface area contributed by atoms with Gasteiger partial charge < -0.3 is 20.1 Å². The Labute approximate surface area is 198 Å². The number of Topliss-reactive ketones (excluding diaryl/α,β-unsaturated/α-hetero) is 1. The van der Waals surface area contributed by atoms with Gasteiger partial charge in [0.1, 0.15) is 5.82 Å². The number of allylic oxidation sites excluding steroid dienone is 1. The fraction of sp³-hybridized carbons (Fsp3) is 0.250. The van der Waals surface area contributed by atoms with Gasteiger partial charge in [-0.1, -0.05) is 30.3 Å². The molecule has 1 aliphatic heterocycles. The van der Waals surface area contributed by atoms with E-state index in [0.29, 0.717) is 36.5 Å². The summed E-state index contributed by atoms with van der Waals surface area (Å²) in [6.07, 6.45) is 1.02. The van der Waals surface area contributed by atoms with E-state index in [2.05, 4.69) is 10.6 Å². The second-order valence-electron chi connectivity index (χ2n) is 8.57. The summed E-state index contributed by atoms with van der Waals surface area (Å²) in [4.78, 5) is 13.6. The van der Waals surface area contributed by atoms with E-state index in [9.17, 15) is 9.18 Å². The van der Waals surface area contributed by atoms with Crippen molar-refractivity contribution in [1.82, 2.24) is 0 Å². The number of methoxy groups -OCH3 is 1. The van der Waals surface area contributed by atoms with Crippen LogP contribution in [0.5, 0.6) is 11.5 Å². The lowest BCUT2D eigenvalue weighted by molar-refractivity contribution is -0.116. The maximum atomic E-state index is 14.1. The summed E-state index contributed by atoms with van der Waals surface area (Å²) in [6, 6.07) is 19.7. The predicted molar refractivity (Wildman–Crippen MR) is 131 cm³/mol. The highest BCUT2D eigenvalue weighted by Gasteiger charge is 2.36. The van der Waals surface area contributed by atoms with Crippen LogP contribution in [-0.2, 0) is 4.79 Å². The molecule has 5 rings (SSSR count). The number of fused-ring (bicyclic) bond motifs is 1. The molecule has 0 saturated heterocycles. The number of ketones is 1. The second kappa shape index (κ2) is 9.21. The topological polar surface area (TPSA) is 59.6 Å². The number of carbonyl (C=O) groups excluding carboxylic acids is 1. The van der Waals surface area contributed by atoms with Crippen LogP contribution in [0.3, 0.4) is 0 Å². The van der Waals surface area contributed by atoms with Gasteiger partial charge in [0.15, 0.2) is 17.3 Å². The van der Waals surface area contributed by atoms with Crippen LogP contribution in [0.15, 0.2) is 78.0 Å². The van der Waals surface area contributed by atoms with Crippen molar-refractivity contribution in [3.8, 4) is 11.5 Å². The van der Waals surface area contributed by atoms with Crippen molar-refractivity contribution < 1.29 is 18.7 Å². The van der Waals surface area contributed by atoms with Crippen molar-refractivity contribution in [3.63, 3.8) is 0 Å². The molecule has 2 unspecified atom stereocenters. The number of hydrogen-bond donors (Lipinski definition) is 2. The Balaban J connectivity index is 1.56. The van der Waals surface area contributed by atoms with Gasteiger partial charge in [0.25, 0.3) is 0 Å². The second-order valence-corrected chi connectivity index (χ2v) is 8.57. The number of ether oxygens (including phenoxy) is 2. The van der Waals surface area contributed by atoms with E-state index in [4.69, 9.17) is 9.47 Å². The van der Waals surface area contributed by atoms with Gasteiger partial charge in [-0.25, -0.2) is 4.39 Å². The zero-order valence-corrected chi connectivity index (χ0v) is 19.2. The average molecular weight is 459 g/mol. The van der Waals surface area contributed by atoms with Crippen molar-refractivity contribution in [2.24, 2.45) is 0 Å². The average Bonchev–Trinajstić information content (AvgIpc) is 3.01. The Morgan fingerprint density at radius 3 is 2.53 bits per heavy atom. The van der Waals surface area contributed by atoms with Gasteiger partial charge in [0.05, 0.1) is 31.1 Å². The minimum atomic E-state index is -0.440. The number of para-hydroxylation sites is 2. The minimum Gasteiger partial charge on any atom is -0.493 e. The zero-order valence-electron chi connectivity index (χ0n) is 19.2. The molecule has 5 nitrogen and oxygen atoms in total. The molecule has 1 aliphatic carbocycles. The molecule has 0 saturated carbocycles. The summed E-state index contributed by atoms with van der Waals surface area (Å²) in [5.74, 6) is 1.05. The van der Waals surface area contributed by atoms with Crippen molar-refractivity contribution in [3.05, 3.63) is 94.9 Å². The molecule has 174 valence electrons. The van der Waals surface area contributed by atoms with Crippen LogP contribution < -0.4 is 20.1 Å². The van der Waals surface area contributed by atoms with Crippen molar-refractivity contribution >= 4 is 17.2 Å². The summed E-state index contributed by atoms with van der Waals surface area (Å²) in [5, 5.41) is 7.00. The summed E-state index contributed by atoms with van der Waals surface area (Å²) in [7, 11) is 1.62. The number of halogens is 1. The standard InChI is InChI=1S/C28H27FN2O3/c1-3-34-25-12-11-17(16-26(25)33-2)19-14-23-27(24(32)15-19)28(18-7-6-8-20(29)13-18)31-22-10-5-4-9-21(22)30-23/h4-13,16,19,28,30-31H,3,14-15H2,1-2H3. The van der Waals surface area contributed by atoms with E-state index < -0.39 is 6.04 Å². The quantitative estimate of drug-likeness (QED) is 0.476. The molecule has 0 radical (unpaired) electrons. The zero-order chi connectivity index (χ0) is 23.7. The number of nitrogens with one attached hydrogen (secondary N) is 2. The molecule has 0 bridgehead atoms. The maximum Gasteiger partial charge on any atom is 0.163 e. The first-order valence-electron chi connectivity index (χ1n) is 11.5. The van der Waals surface area contributed by atoms with Crippen LogP contribution in [0.4, 0.5) is 15.8 Å². The highest BCUT2D eigenvalue weighted by molar-refractivity contribution is 6.01. The normalized spacial score (nSPS) is 19.3. The van der Waals surface area contributed by atoms with E-state index >= 15 is 0 Å². The monoisotopic (exact) mass is 458 g/mol. The number of anilines is 2. The number of carbonyl (C=O) groups is 1. The minimum absolute atomic E-state index is 0.0123. The van der Waals surface area contributed by atoms with Gasteiger partial charge in [-0.15, -0.1) is 0 Å². The third-order valence-electron chi connectivity index (χ3n) is 6.45. The lowest BCUT2D eigenvalue weighted by atomic mass is 9.78. The molecule has 2 atom stereocenters. The number of hydrogen-bond acceptors (Lipinski definition) is 5. The third-order valence-corrected chi connectivity index (χ3v) is 6.45. The van der Waals surface area contributed by atoms with Gasteiger partial charge in [-0.2, -0.15) is 0 Å². The van der Waals surface area contributed by atoms with Gasteiger partial charge in [-0.05, 0) is 66.8 Å². The molecule has 0 spiro atoms. The summed E-state index contributed by atoms with van der Waals surface area (Å²) >= 11 is 0. The van der Waals surface area contributed by atoms with E-state index in [-0.39, 0.29) is 17.5 Å². The smallest absolute Gasteiger partial charge is 0.163 e. The Morgan fingerprint density at radius 2 is 1.76 bits per heavy atom. The molecular formula is C28H27FN2O3. The molecule has 2 N–H and O–H groups in total. The fourth-order valence-corrected chi connectivity index (χ4v) is 4.88. The van der Waals surface area contributed by atoms with Gasteiger partial charge in [0, 0.05) is 17.7 Å². The van der Waals surface area contributed by atoms with Crippen molar-refractivity contribution in [2.75, 3.05) is 24.4 Å². The fourth-order valence-electron chi connectivity index (χ4n) is 4.88. The van der Waals surface area contributed by atoms with Gasteiger partial charge >= 0.3 is 0 Å². The summed E-state index contributed by atoms with van der Waals surface area (Å²) < 4.78 is 25.3. The lowest BCUT2D eigenvalue weighted by Gasteiger charge is -2.30. The lowest BCUT2D eigenvalue weighted by Crippen LogP contribution is -2.27. The maximum absolute atomic E-state index is 14.1. The van der Waals surface area contributed by atoms with E-state index in [1.54, 1.807) is 13.2 Å². The van der Waals surface area contributed by atoms with E-state index in [1.165, 1.54) is 12.1 Å². The third kappa shape index (κ3) is 4.12. The Bertz CT molecular complexity index is 1270. The SMILES string of the molecule is CCOc1ccc(C2CC(=O)C3=C(C2)Nc2ccccc2NC3c2cccc(F)c2)cc1OC. The molecule has 2 aliphatic rings. The molecule has 3 aromatic carbocycles. The number of rotatable bonds is 5. The Kier molecular flexibility index (Phi) is 5.97. The molecule has 0 fully saturated rings. The van der Waals surface area contributed by atoms with E-state index in [1.807, 2.05) is 55.5 Å².